The fraction of sp³-hybridized carbons (Fsp3) is 0.278. The maximum absolute atomic E-state index is 12.3. The molecule has 2 heterocycles. The molecule has 0 unspecified atom stereocenters. The minimum absolute atomic E-state index is 0.0236. The van der Waals surface area contributed by atoms with E-state index < -0.39 is 18.0 Å². The van der Waals surface area contributed by atoms with Crippen LogP contribution in [0.4, 0.5) is 5.69 Å². The largest absolute Gasteiger partial charge is 0.452 e. The van der Waals surface area contributed by atoms with Crippen LogP contribution in [0, 0.1) is 13.8 Å². The zero-order chi connectivity index (χ0) is 19.6. The molecule has 2 aromatic heterocycles. The van der Waals surface area contributed by atoms with Crippen LogP contribution in [0.3, 0.4) is 0 Å². The fourth-order valence-corrected chi connectivity index (χ4v) is 2.83. The molecule has 27 heavy (non-hydrogen) atoms. The van der Waals surface area contributed by atoms with Crippen LogP contribution < -0.4 is 5.32 Å². The Kier molecular flexibility index (Phi) is 5.36. The molecule has 140 valence electrons. The lowest BCUT2D eigenvalue weighted by molar-refractivity contribution is -0.152. The van der Waals surface area contributed by atoms with Crippen LogP contribution in [-0.4, -0.2) is 37.6 Å². The molecule has 0 aliphatic carbocycles. The molecule has 0 saturated carbocycles. The molecule has 0 radical (unpaired) electrons. The molecule has 1 amide bonds. The number of ether oxygens (including phenoxy) is 1. The number of halogens is 1. The molecule has 8 nitrogen and oxygen atoms in total. The minimum atomic E-state index is -0.975. The fourth-order valence-electron chi connectivity index (χ4n) is 2.64. The van der Waals surface area contributed by atoms with Crippen LogP contribution in [0.15, 0.2) is 30.6 Å². The minimum Gasteiger partial charge on any atom is -0.452 e. The molecule has 0 saturated heterocycles. The van der Waals surface area contributed by atoms with Gasteiger partial charge in [0.15, 0.2) is 6.10 Å². The summed E-state index contributed by atoms with van der Waals surface area (Å²) >= 11 is 6.02. The van der Waals surface area contributed by atoms with Crippen LogP contribution in [-0.2, 0) is 20.7 Å². The van der Waals surface area contributed by atoms with E-state index in [1.807, 2.05) is 6.92 Å². The lowest BCUT2D eigenvalue weighted by Gasteiger charge is -2.15. The second-order valence-corrected chi connectivity index (χ2v) is 6.42. The number of carbonyl (C=O) groups is 2. The summed E-state index contributed by atoms with van der Waals surface area (Å²) in [6.07, 6.45) is 0.403. The van der Waals surface area contributed by atoms with Crippen molar-refractivity contribution in [2.24, 2.45) is 0 Å². The van der Waals surface area contributed by atoms with E-state index in [9.17, 15) is 9.59 Å². The number of anilines is 1. The summed E-state index contributed by atoms with van der Waals surface area (Å²) < 4.78 is 6.82. The number of amides is 1. The van der Waals surface area contributed by atoms with Gasteiger partial charge >= 0.3 is 5.97 Å². The summed E-state index contributed by atoms with van der Waals surface area (Å²) in [6, 6.07) is 6.83. The van der Waals surface area contributed by atoms with Crippen LogP contribution >= 0.6 is 11.6 Å². The van der Waals surface area contributed by atoms with E-state index in [-0.39, 0.29) is 6.42 Å². The Morgan fingerprint density at radius 2 is 2.04 bits per heavy atom. The first-order valence-electron chi connectivity index (χ1n) is 8.27. The predicted molar refractivity (Wildman–Crippen MR) is 99.6 cm³/mol. The van der Waals surface area contributed by atoms with Crippen molar-refractivity contribution in [1.29, 1.82) is 0 Å². The molecular formula is C18H18ClN5O3. The summed E-state index contributed by atoms with van der Waals surface area (Å²) in [6.45, 7) is 5.12. The molecular weight excluding hydrogens is 370 g/mol. The number of fused-ring (bicyclic) bond motifs is 1. The third-order valence-corrected chi connectivity index (χ3v) is 4.45. The zero-order valence-electron chi connectivity index (χ0n) is 15.1. The number of hydrogen-bond acceptors (Lipinski definition) is 6. The zero-order valence-corrected chi connectivity index (χ0v) is 15.8. The number of benzene rings is 1. The number of nitrogens with zero attached hydrogens (tertiary/aromatic N) is 4. The second kappa shape index (κ2) is 7.71. The van der Waals surface area contributed by atoms with Crippen molar-refractivity contribution in [2.75, 3.05) is 5.32 Å². The molecule has 1 aromatic carbocycles. The van der Waals surface area contributed by atoms with Gasteiger partial charge in [-0.2, -0.15) is 10.1 Å². The predicted octanol–water partition coefficient (Wildman–Crippen LogP) is 2.51. The number of carbonyl (C=O) groups excluding carboxylic acids is 2. The molecule has 0 aliphatic heterocycles. The number of nitrogens with one attached hydrogen (secondary N) is 1. The standard InChI is InChI=1S/C18H18ClN5O3/c1-10-13(11(2)24-18(22-10)20-9-21-24)8-16(25)27-12(3)17(26)23-15-7-5-4-6-14(15)19/h4-7,9,12H,8H2,1-3H3,(H,23,26)/t12-/m1/s1. The molecule has 3 aromatic rings. The quantitative estimate of drug-likeness (QED) is 0.675. The summed E-state index contributed by atoms with van der Waals surface area (Å²) in [5.74, 6) is -0.534. The number of aryl methyl sites for hydroxylation is 2. The Hall–Kier alpha value is -3.00. The van der Waals surface area contributed by atoms with Gasteiger partial charge in [0.05, 0.1) is 17.1 Å². The van der Waals surface area contributed by atoms with Crippen molar-refractivity contribution in [3.05, 3.63) is 52.6 Å². The second-order valence-electron chi connectivity index (χ2n) is 6.01. The molecule has 1 atom stereocenters. The first-order chi connectivity index (χ1) is 12.9. The first-order valence-corrected chi connectivity index (χ1v) is 8.65. The Bertz CT molecular complexity index is 1020. The molecule has 0 aliphatic rings. The molecule has 9 heteroatoms. The molecule has 0 spiro atoms. The van der Waals surface area contributed by atoms with Crippen molar-refractivity contribution < 1.29 is 14.3 Å². The number of esters is 1. The lowest BCUT2D eigenvalue weighted by Crippen LogP contribution is -2.30. The van der Waals surface area contributed by atoms with E-state index in [1.165, 1.54) is 13.3 Å². The maximum Gasteiger partial charge on any atom is 0.311 e. The topological polar surface area (TPSA) is 98.5 Å². The summed E-state index contributed by atoms with van der Waals surface area (Å²) in [5, 5.41) is 7.13. The van der Waals surface area contributed by atoms with E-state index in [4.69, 9.17) is 16.3 Å². The van der Waals surface area contributed by atoms with Gasteiger partial charge in [-0.05, 0) is 32.9 Å². The van der Waals surface area contributed by atoms with Crippen molar-refractivity contribution in [3.63, 3.8) is 0 Å². The first kappa shape index (κ1) is 18.8. The van der Waals surface area contributed by atoms with Crippen LogP contribution in [0.1, 0.15) is 23.9 Å². The highest BCUT2D eigenvalue weighted by atomic mass is 35.5. The van der Waals surface area contributed by atoms with Crippen molar-refractivity contribution in [2.45, 2.75) is 33.3 Å². The van der Waals surface area contributed by atoms with E-state index in [2.05, 4.69) is 20.4 Å². The molecule has 0 fully saturated rings. The van der Waals surface area contributed by atoms with E-state index >= 15 is 0 Å². The third-order valence-electron chi connectivity index (χ3n) is 4.12. The average Bonchev–Trinajstić information content (AvgIpc) is 3.09. The Balaban J connectivity index is 1.67. The third kappa shape index (κ3) is 4.06. The van der Waals surface area contributed by atoms with E-state index in [0.29, 0.717) is 27.7 Å². The van der Waals surface area contributed by atoms with Crippen LogP contribution in [0.5, 0.6) is 0 Å². The summed E-state index contributed by atoms with van der Waals surface area (Å²) in [7, 11) is 0. The van der Waals surface area contributed by atoms with Crippen molar-refractivity contribution in [3.8, 4) is 0 Å². The number of aromatic nitrogens is 4. The van der Waals surface area contributed by atoms with Crippen molar-refractivity contribution >= 4 is 34.9 Å². The van der Waals surface area contributed by atoms with Gasteiger partial charge in [0.1, 0.15) is 6.33 Å². The van der Waals surface area contributed by atoms with Gasteiger partial charge in [0, 0.05) is 17.0 Å². The normalized spacial score (nSPS) is 12.0. The van der Waals surface area contributed by atoms with Gasteiger partial charge in [-0.1, -0.05) is 23.7 Å². The highest BCUT2D eigenvalue weighted by molar-refractivity contribution is 6.33. The summed E-state index contributed by atoms with van der Waals surface area (Å²) in [4.78, 5) is 32.9. The highest BCUT2D eigenvalue weighted by Crippen LogP contribution is 2.21. The van der Waals surface area contributed by atoms with Gasteiger partial charge < -0.3 is 10.1 Å². The van der Waals surface area contributed by atoms with Gasteiger partial charge in [0.25, 0.3) is 11.7 Å². The SMILES string of the molecule is Cc1nc2ncnn2c(C)c1CC(=O)O[C@H](C)C(=O)Nc1ccccc1Cl. The highest BCUT2D eigenvalue weighted by Gasteiger charge is 2.21. The Morgan fingerprint density at radius 3 is 2.78 bits per heavy atom. The van der Waals surface area contributed by atoms with Gasteiger partial charge in [-0.15, -0.1) is 0 Å². The van der Waals surface area contributed by atoms with Crippen molar-refractivity contribution in [1.82, 2.24) is 19.6 Å². The van der Waals surface area contributed by atoms with E-state index in [0.717, 1.165) is 5.69 Å². The average molecular weight is 388 g/mol. The number of rotatable bonds is 5. The summed E-state index contributed by atoms with van der Waals surface area (Å²) in [5.41, 5.74) is 2.56. The smallest absolute Gasteiger partial charge is 0.311 e. The van der Waals surface area contributed by atoms with Crippen LogP contribution in [0.25, 0.3) is 5.78 Å². The van der Waals surface area contributed by atoms with E-state index in [1.54, 1.807) is 35.7 Å². The van der Waals surface area contributed by atoms with Gasteiger partial charge in [0.2, 0.25) is 0 Å². The Labute approximate surface area is 160 Å². The molecule has 3 rings (SSSR count). The van der Waals surface area contributed by atoms with Crippen LogP contribution in [0.2, 0.25) is 5.02 Å². The maximum atomic E-state index is 12.3. The lowest BCUT2D eigenvalue weighted by atomic mass is 10.1. The monoisotopic (exact) mass is 387 g/mol. The number of hydrogen-bond donors (Lipinski definition) is 1. The van der Waals surface area contributed by atoms with Gasteiger partial charge in [-0.3, -0.25) is 9.59 Å². The molecule has 0 bridgehead atoms. The number of para-hydroxylation sites is 1. The Morgan fingerprint density at radius 1 is 1.30 bits per heavy atom. The molecule has 1 N–H and O–H groups in total. The van der Waals surface area contributed by atoms with Gasteiger partial charge in [-0.25, -0.2) is 9.50 Å².